The third-order valence-electron chi connectivity index (χ3n) is 1.63. The molecule has 0 aliphatic carbocycles. The summed E-state index contributed by atoms with van der Waals surface area (Å²) in [5.74, 6) is -1.05. The SMILES string of the molecule is N#Cc1nc(S(N)(=O)=O)cc(C(F)F)c1O. The van der Waals surface area contributed by atoms with Crippen molar-refractivity contribution in [3.05, 3.63) is 17.3 Å². The van der Waals surface area contributed by atoms with Crippen LogP contribution < -0.4 is 5.14 Å². The first-order valence-electron chi connectivity index (χ1n) is 3.72. The van der Waals surface area contributed by atoms with E-state index in [-0.39, 0.29) is 0 Å². The highest BCUT2D eigenvalue weighted by atomic mass is 32.2. The van der Waals surface area contributed by atoms with Crippen LogP contribution in [0.25, 0.3) is 0 Å². The number of pyridine rings is 1. The van der Waals surface area contributed by atoms with E-state index in [2.05, 4.69) is 10.1 Å². The van der Waals surface area contributed by atoms with Crippen LogP contribution in [0.15, 0.2) is 11.1 Å². The lowest BCUT2D eigenvalue weighted by molar-refractivity contribution is 0.147. The van der Waals surface area contributed by atoms with Gasteiger partial charge in [-0.25, -0.2) is 27.3 Å². The second-order valence-electron chi connectivity index (χ2n) is 2.70. The zero-order valence-corrected chi connectivity index (χ0v) is 8.37. The summed E-state index contributed by atoms with van der Waals surface area (Å²) in [4.78, 5) is 3.15. The molecule has 9 heteroatoms. The lowest BCUT2D eigenvalue weighted by atomic mass is 10.2. The Bertz CT molecular complexity index is 565. The Morgan fingerprint density at radius 3 is 2.50 bits per heavy atom. The molecule has 16 heavy (non-hydrogen) atoms. The van der Waals surface area contributed by atoms with Gasteiger partial charge in [-0.15, -0.1) is 0 Å². The van der Waals surface area contributed by atoms with E-state index >= 15 is 0 Å². The van der Waals surface area contributed by atoms with Gasteiger partial charge in [-0.05, 0) is 6.07 Å². The number of aromatic hydroxyl groups is 1. The van der Waals surface area contributed by atoms with Gasteiger partial charge in [-0.1, -0.05) is 0 Å². The van der Waals surface area contributed by atoms with Crippen molar-refractivity contribution < 1.29 is 22.3 Å². The van der Waals surface area contributed by atoms with Gasteiger partial charge < -0.3 is 5.11 Å². The maximum absolute atomic E-state index is 12.4. The number of nitrogens with two attached hydrogens (primary N) is 1. The first-order valence-corrected chi connectivity index (χ1v) is 5.27. The number of sulfonamides is 1. The second-order valence-corrected chi connectivity index (χ2v) is 4.21. The lowest BCUT2D eigenvalue weighted by Gasteiger charge is -2.06. The Balaban J connectivity index is 3.61. The minimum absolute atomic E-state index is 0.427. The number of primary sulfonamides is 1. The van der Waals surface area contributed by atoms with E-state index in [1.165, 1.54) is 6.07 Å². The molecule has 6 nitrogen and oxygen atoms in total. The summed E-state index contributed by atoms with van der Waals surface area (Å²) in [6.45, 7) is 0. The number of hydrogen-bond acceptors (Lipinski definition) is 5. The molecular formula is C7H5F2N3O3S. The topological polar surface area (TPSA) is 117 Å². The largest absolute Gasteiger partial charge is 0.505 e. The van der Waals surface area contributed by atoms with Crippen molar-refractivity contribution in [2.24, 2.45) is 5.14 Å². The number of nitrogens with zero attached hydrogens (tertiary/aromatic N) is 2. The van der Waals surface area contributed by atoms with Crippen LogP contribution in [0.2, 0.25) is 0 Å². The Kier molecular flexibility index (Phi) is 3.06. The van der Waals surface area contributed by atoms with Crippen LogP contribution in [0.3, 0.4) is 0 Å². The minimum atomic E-state index is -4.31. The number of hydrogen-bond donors (Lipinski definition) is 2. The maximum atomic E-state index is 12.4. The molecule has 0 bridgehead atoms. The molecule has 0 aromatic carbocycles. The molecule has 0 spiro atoms. The number of aromatic nitrogens is 1. The third-order valence-corrected chi connectivity index (χ3v) is 2.42. The summed E-state index contributed by atoms with van der Waals surface area (Å²) in [6, 6.07) is 1.72. The highest BCUT2D eigenvalue weighted by Crippen LogP contribution is 2.31. The molecular weight excluding hydrogens is 244 g/mol. The molecule has 86 valence electrons. The fourth-order valence-electron chi connectivity index (χ4n) is 0.924. The van der Waals surface area contributed by atoms with Crippen molar-refractivity contribution in [1.82, 2.24) is 4.98 Å². The zero-order chi connectivity index (χ0) is 12.5. The third kappa shape index (κ3) is 2.23. The molecule has 0 aliphatic heterocycles. The van der Waals surface area contributed by atoms with Gasteiger partial charge in [0.2, 0.25) is 0 Å². The fraction of sp³-hybridized carbons (Fsp3) is 0.143. The zero-order valence-electron chi connectivity index (χ0n) is 7.55. The molecule has 1 aromatic heterocycles. The Morgan fingerprint density at radius 1 is 1.56 bits per heavy atom. The first kappa shape index (κ1) is 12.3. The van der Waals surface area contributed by atoms with E-state index < -0.39 is 38.5 Å². The van der Waals surface area contributed by atoms with Gasteiger partial charge in [-0.2, -0.15) is 5.26 Å². The van der Waals surface area contributed by atoms with Gasteiger partial charge in [0.15, 0.2) is 16.5 Å². The van der Waals surface area contributed by atoms with Gasteiger partial charge in [-0.3, -0.25) is 0 Å². The number of nitriles is 1. The average molecular weight is 249 g/mol. The first-order chi connectivity index (χ1) is 7.27. The van der Waals surface area contributed by atoms with Crippen LogP contribution in [0, 0.1) is 11.3 Å². The lowest BCUT2D eigenvalue weighted by Crippen LogP contribution is -2.15. The highest BCUT2D eigenvalue weighted by molar-refractivity contribution is 7.89. The van der Waals surface area contributed by atoms with Gasteiger partial charge in [0.1, 0.15) is 6.07 Å². The van der Waals surface area contributed by atoms with Gasteiger partial charge >= 0.3 is 0 Å². The second kappa shape index (κ2) is 3.99. The predicted octanol–water partition coefficient (Wildman–Crippen LogP) is 0.244. The van der Waals surface area contributed by atoms with Crippen molar-refractivity contribution >= 4 is 10.0 Å². The summed E-state index contributed by atoms with van der Waals surface area (Å²) in [6.07, 6.45) is -3.14. The standard InChI is InChI=1S/C7H5F2N3O3S/c8-7(9)3-1-5(16(11,14)15)12-4(2-10)6(3)13/h1,7,13H,(H2,11,14,15). The summed E-state index contributed by atoms with van der Waals surface area (Å²) in [5.41, 5.74) is -1.82. The van der Waals surface area contributed by atoms with E-state index in [0.29, 0.717) is 6.07 Å². The van der Waals surface area contributed by atoms with E-state index in [1.54, 1.807) is 0 Å². The van der Waals surface area contributed by atoms with Crippen LogP contribution in [0.1, 0.15) is 17.7 Å². The Labute approximate surface area is 89.0 Å². The summed E-state index contributed by atoms with van der Waals surface area (Å²) in [7, 11) is -4.31. The van der Waals surface area contributed by atoms with Crippen LogP contribution in [-0.2, 0) is 10.0 Å². The highest BCUT2D eigenvalue weighted by Gasteiger charge is 2.22. The maximum Gasteiger partial charge on any atom is 0.267 e. The minimum Gasteiger partial charge on any atom is -0.505 e. The van der Waals surface area contributed by atoms with Crippen LogP contribution in [0.5, 0.6) is 5.75 Å². The fourth-order valence-corrected chi connectivity index (χ4v) is 1.43. The molecule has 1 heterocycles. The van der Waals surface area contributed by atoms with Crippen LogP contribution in [0.4, 0.5) is 8.78 Å². The molecule has 0 atom stereocenters. The van der Waals surface area contributed by atoms with Crippen LogP contribution >= 0.6 is 0 Å². The van der Waals surface area contributed by atoms with E-state index in [1.807, 2.05) is 0 Å². The van der Waals surface area contributed by atoms with Crippen molar-refractivity contribution in [3.63, 3.8) is 0 Å². The normalized spacial score (nSPS) is 11.4. The molecule has 0 fully saturated rings. The van der Waals surface area contributed by atoms with Crippen molar-refractivity contribution in [2.75, 3.05) is 0 Å². The molecule has 0 amide bonds. The van der Waals surface area contributed by atoms with E-state index in [4.69, 9.17) is 10.4 Å². The summed E-state index contributed by atoms with van der Waals surface area (Å²) >= 11 is 0. The average Bonchev–Trinajstić information content (AvgIpc) is 2.15. The molecule has 1 aromatic rings. The Morgan fingerprint density at radius 2 is 2.12 bits per heavy atom. The molecule has 3 N–H and O–H groups in total. The number of halogens is 2. The molecule has 0 radical (unpaired) electrons. The predicted molar refractivity (Wildman–Crippen MR) is 46.9 cm³/mol. The number of rotatable bonds is 2. The molecule has 0 saturated heterocycles. The van der Waals surface area contributed by atoms with Gasteiger partial charge in [0.05, 0.1) is 5.56 Å². The Hall–Kier alpha value is -1.79. The smallest absolute Gasteiger partial charge is 0.267 e. The van der Waals surface area contributed by atoms with Crippen molar-refractivity contribution in [3.8, 4) is 11.8 Å². The summed E-state index contributed by atoms with van der Waals surface area (Å²) in [5, 5.41) is 21.4. The molecule has 0 saturated carbocycles. The van der Waals surface area contributed by atoms with Crippen molar-refractivity contribution in [1.29, 1.82) is 5.26 Å². The monoisotopic (exact) mass is 249 g/mol. The van der Waals surface area contributed by atoms with E-state index in [0.717, 1.165) is 0 Å². The molecule has 1 rings (SSSR count). The molecule has 0 aliphatic rings. The van der Waals surface area contributed by atoms with E-state index in [9.17, 15) is 17.2 Å². The van der Waals surface area contributed by atoms with Crippen molar-refractivity contribution in [2.45, 2.75) is 11.5 Å². The molecule has 0 unspecified atom stereocenters. The number of alkyl halides is 2. The van der Waals surface area contributed by atoms with Gasteiger partial charge in [0.25, 0.3) is 16.4 Å². The quantitative estimate of drug-likeness (QED) is 0.778. The van der Waals surface area contributed by atoms with Crippen LogP contribution in [-0.4, -0.2) is 18.5 Å². The van der Waals surface area contributed by atoms with Gasteiger partial charge in [0, 0.05) is 0 Å². The summed E-state index contributed by atoms with van der Waals surface area (Å²) < 4.78 is 46.5.